The van der Waals surface area contributed by atoms with Gasteiger partial charge in [-0.3, -0.25) is 0 Å². The fourth-order valence-electron chi connectivity index (χ4n) is 1.66. The van der Waals surface area contributed by atoms with Gasteiger partial charge < -0.3 is 15.5 Å². The SMILES string of the molecule is CCOCc1nc(NN)cc(NC2CCC2)n1. The lowest BCUT2D eigenvalue weighted by Gasteiger charge is -2.27. The minimum Gasteiger partial charge on any atom is -0.374 e. The molecular formula is C11H19N5O. The van der Waals surface area contributed by atoms with E-state index < -0.39 is 0 Å². The Labute approximate surface area is 101 Å². The molecule has 94 valence electrons. The Balaban J connectivity index is 2.06. The molecule has 0 saturated heterocycles. The van der Waals surface area contributed by atoms with Crippen molar-refractivity contribution in [3.05, 3.63) is 11.9 Å². The normalized spacial score (nSPS) is 15.4. The number of hydrazine groups is 1. The summed E-state index contributed by atoms with van der Waals surface area (Å²) in [6.45, 7) is 3.00. The van der Waals surface area contributed by atoms with E-state index in [0.717, 1.165) is 5.82 Å². The van der Waals surface area contributed by atoms with Gasteiger partial charge in [0, 0.05) is 18.7 Å². The molecule has 0 aromatic carbocycles. The molecule has 0 radical (unpaired) electrons. The third-order valence-electron chi connectivity index (χ3n) is 2.81. The Morgan fingerprint density at radius 2 is 2.18 bits per heavy atom. The Bertz CT molecular complexity index is 367. The second-order valence-electron chi connectivity index (χ2n) is 4.11. The Morgan fingerprint density at radius 3 is 2.76 bits per heavy atom. The molecule has 1 aromatic heterocycles. The molecule has 0 aliphatic heterocycles. The van der Waals surface area contributed by atoms with E-state index in [1.807, 2.05) is 13.0 Å². The maximum absolute atomic E-state index is 5.38. The Kier molecular flexibility index (Phi) is 4.11. The summed E-state index contributed by atoms with van der Waals surface area (Å²) >= 11 is 0. The van der Waals surface area contributed by atoms with E-state index in [4.69, 9.17) is 10.6 Å². The van der Waals surface area contributed by atoms with Crippen molar-refractivity contribution in [3.63, 3.8) is 0 Å². The average Bonchev–Trinajstić information content (AvgIpc) is 2.31. The van der Waals surface area contributed by atoms with Crippen LogP contribution in [0.5, 0.6) is 0 Å². The standard InChI is InChI=1S/C11H19N5O/c1-2-17-7-11-14-9(6-10(15-11)16-12)13-8-4-3-5-8/h6,8H,2-5,7,12H2,1H3,(H2,13,14,15,16). The number of nitrogens with one attached hydrogen (secondary N) is 2. The van der Waals surface area contributed by atoms with Crippen LogP contribution in [0.4, 0.5) is 11.6 Å². The lowest BCUT2D eigenvalue weighted by molar-refractivity contribution is 0.128. The van der Waals surface area contributed by atoms with Crippen molar-refractivity contribution in [2.45, 2.75) is 38.8 Å². The molecule has 1 fully saturated rings. The first-order chi connectivity index (χ1) is 8.31. The van der Waals surface area contributed by atoms with E-state index in [2.05, 4.69) is 20.7 Å². The fourth-order valence-corrected chi connectivity index (χ4v) is 1.66. The summed E-state index contributed by atoms with van der Waals surface area (Å²) < 4.78 is 5.30. The van der Waals surface area contributed by atoms with E-state index in [1.165, 1.54) is 19.3 Å². The highest BCUT2D eigenvalue weighted by Gasteiger charge is 2.18. The summed E-state index contributed by atoms with van der Waals surface area (Å²) in [4.78, 5) is 8.63. The first-order valence-corrected chi connectivity index (χ1v) is 6.00. The third-order valence-corrected chi connectivity index (χ3v) is 2.81. The van der Waals surface area contributed by atoms with Gasteiger partial charge in [0.05, 0.1) is 0 Å². The van der Waals surface area contributed by atoms with Crippen LogP contribution < -0.4 is 16.6 Å². The van der Waals surface area contributed by atoms with Crippen LogP contribution in [0.25, 0.3) is 0 Å². The third kappa shape index (κ3) is 3.28. The molecule has 1 saturated carbocycles. The monoisotopic (exact) mass is 237 g/mol. The Morgan fingerprint density at radius 1 is 1.41 bits per heavy atom. The van der Waals surface area contributed by atoms with Gasteiger partial charge >= 0.3 is 0 Å². The summed E-state index contributed by atoms with van der Waals surface area (Å²) in [7, 11) is 0. The number of anilines is 2. The number of nitrogens with zero attached hydrogens (tertiary/aromatic N) is 2. The molecule has 4 N–H and O–H groups in total. The molecular weight excluding hydrogens is 218 g/mol. The highest BCUT2D eigenvalue weighted by molar-refractivity contribution is 5.47. The molecule has 6 heteroatoms. The topological polar surface area (TPSA) is 85.1 Å². The molecule has 2 rings (SSSR count). The number of nitrogen functional groups attached to an aromatic ring is 1. The number of hydrogen-bond donors (Lipinski definition) is 3. The van der Waals surface area contributed by atoms with Crippen LogP contribution in [0.3, 0.4) is 0 Å². The zero-order valence-corrected chi connectivity index (χ0v) is 10.1. The molecule has 6 nitrogen and oxygen atoms in total. The summed E-state index contributed by atoms with van der Waals surface area (Å²) in [5.74, 6) is 7.45. The summed E-state index contributed by atoms with van der Waals surface area (Å²) in [5, 5.41) is 3.37. The minimum absolute atomic E-state index is 0.408. The van der Waals surface area contributed by atoms with Crippen LogP contribution in [-0.2, 0) is 11.3 Å². The highest BCUT2D eigenvalue weighted by Crippen LogP contribution is 2.23. The van der Waals surface area contributed by atoms with Gasteiger partial charge in [0.25, 0.3) is 0 Å². The van der Waals surface area contributed by atoms with Crippen LogP contribution in [0, 0.1) is 0 Å². The number of aromatic nitrogens is 2. The molecule has 1 aromatic rings. The first kappa shape index (κ1) is 12.1. The van der Waals surface area contributed by atoms with Gasteiger partial charge in [-0.2, -0.15) is 0 Å². The maximum atomic E-state index is 5.38. The second kappa shape index (κ2) is 5.79. The number of nitrogens with two attached hydrogens (primary N) is 1. The van der Waals surface area contributed by atoms with E-state index in [-0.39, 0.29) is 0 Å². The van der Waals surface area contributed by atoms with Gasteiger partial charge in [0.2, 0.25) is 0 Å². The quantitative estimate of drug-likeness (QED) is 0.510. The average molecular weight is 237 g/mol. The Hall–Kier alpha value is -1.40. The number of rotatable bonds is 6. The van der Waals surface area contributed by atoms with E-state index in [9.17, 15) is 0 Å². The van der Waals surface area contributed by atoms with Gasteiger partial charge in [-0.1, -0.05) is 0 Å². The summed E-state index contributed by atoms with van der Waals surface area (Å²) in [6, 6.07) is 2.35. The maximum Gasteiger partial charge on any atom is 0.158 e. The van der Waals surface area contributed by atoms with Crippen LogP contribution in [0.1, 0.15) is 32.0 Å². The summed E-state index contributed by atoms with van der Waals surface area (Å²) in [5.41, 5.74) is 2.55. The number of hydrogen-bond acceptors (Lipinski definition) is 6. The van der Waals surface area contributed by atoms with Crippen molar-refractivity contribution in [2.24, 2.45) is 5.84 Å². The van der Waals surface area contributed by atoms with Crippen molar-refractivity contribution in [1.29, 1.82) is 0 Å². The van der Waals surface area contributed by atoms with Gasteiger partial charge in [0.15, 0.2) is 5.82 Å². The van der Waals surface area contributed by atoms with Crippen molar-refractivity contribution >= 4 is 11.6 Å². The van der Waals surface area contributed by atoms with Crippen molar-refractivity contribution in [3.8, 4) is 0 Å². The fraction of sp³-hybridized carbons (Fsp3) is 0.636. The smallest absolute Gasteiger partial charge is 0.158 e. The van der Waals surface area contributed by atoms with E-state index in [0.29, 0.717) is 30.9 Å². The highest BCUT2D eigenvalue weighted by atomic mass is 16.5. The largest absolute Gasteiger partial charge is 0.374 e. The van der Waals surface area contributed by atoms with Crippen molar-refractivity contribution < 1.29 is 4.74 Å². The van der Waals surface area contributed by atoms with Gasteiger partial charge in [-0.25, -0.2) is 15.8 Å². The molecule has 17 heavy (non-hydrogen) atoms. The zero-order chi connectivity index (χ0) is 12.1. The van der Waals surface area contributed by atoms with Gasteiger partial charge in [-0.05, 0) is 26.2 Å². The lowest BCUT2D eigenvalue weighted by Crippen LogP contribution is -2.28. The van der Waals surface area contributed by atoms with Gasteiger partial charge in [0.1, 0.15) is 18.2 Å². The predicted molar refractivity (Wildman–Crippen MR) is 66.4 cm³/mol. The number of ether oxygens (including phenoxy) is 1. The van der Waals surface area contributed by atoms with Crippen molar-refractivity contribution in [2.75, 3.05) is 17.3 Å². The lowest BCUT2D eigenvalue weighted by atomic mass is 9.93. The molecule has 1 heterocycles. The van der Waals surface area contributed by atoms with Crippen LogP contribution in [-0.4, -0.2) is 22.6 Å². The van der Waals surface area contributed by atoms with E-state index in [1.54, 1.807) is 0 Å². The molecule has 0 bridgehead atoms. The summed E-state index contributed by atoms with van der Waals surface area (Å²) in [6.07, 6.45) is 3.70. The predicted octanol–water partition coefficient (Wildman–Crippen LogP) is 1.26. The molecule has 1 aliphatic carbocycles. The molecule has 0 spiro atoms. The molecule has 0 unspecified atom stereocenters. The molecule has 1 aliphatic rings. The van der Waals surface area contributed by atoms with Crippen molar-refractivity contribution in [1.82, 2.24) is 9.97 Å². The molecule has 0 amide bonds. The van der Waals surface area contributed by atoms with E-state index >= 15 is 0 Å². The minimum atomic E-state index is 0.408. The van der Waals surface area contributed by atoms with Gasteiger partial charge in [-0.15, -0.1) is 0 Å². The zero-order valence-electron chi connectivity index (χ0n) is 10.1. The first-order valence-electron chi connectivity index (χ1n) is 6.00. The van der Waals surface area contributed by atoms with Crippen LogP contribution in [0.15, 0.2) is 6.07 Å². The second-order valence-corrected chi connectivity index (χ2v) is 4.11. The van der Waals surface area contributed by atoms with Crippen LogP contribution >= 0.6 is 0 Å². The molecule has 0 atom stereocenters. The van der Waals surface area contributed by atoms with Crippen LogP contribution in [0.2, 0.25) is 0 Å².